The Morgan fingerprint density at radius 2 is 1.71 bits per heavy atom. The van der Waals surface area contributed by atoms with E-state index in [1.54, 1.807) is 42.2 Å². The van der Waals surface area contributed by atoms with Crippen molar-refractivity contribution in [2.75, 3.05) is 31.1 Å². The minimum absolute atomic E-state index is 0.222. The van der Waals surface area contributed by atoms with Crippen LogP contribution in [0.5, 0.6) is 0 Å². The van der Waals surface area contributed by atoms with Crippen molar-refractivity contribution in [1.29, 1.82) is 0 Å². The smallest absolute Gasteiger partial charge is 0.307 e. The van der Waals surface area contributed by atoms with Gasteiger partial charge in [0.2, 0.25) is 0 Å². The number of para-hydroxylation sites is 1. The highest BCUT2D eigenvalue weighted by atomic mass is 19.1. The summed E-state index contributed by atoms with van der Waals surface area (Å²) in [6.07, 6.45) is -0.222. The van der Waals surface area contributed by atoms with Gasteiger partial charge in [0.15, 0.2) is 0 Å². The number of amides is 1. The maximum Gasteiger partial charge on any atom is 0.307 e. The number of hydrogen-bond donors (Lipinski definition) is 1. The van der Waals surface area contributed by atoms with Gasteiger partial charge in [-0.05, 0) is 53.1 Å². The van der Waals surface area contributed by atoms with Gasteiger partial charge in [0.25, 0.3) is 5.91 Å². The molecule has 0 bridgehead atoms. The summed E-state index contributed by atoms with van der Waals surface area (Å²) in [6.45, 7) is 3.39. The molecular formula is C24H22F2N2O3. The van der Waals surface area contributed by atoms with Crippen LogP contribution in [0.1, 0.15) is 21.5 Å². The third-order valence-corrected chi connectivity index (χ3v) is 5.79. The van der Waals surface area contributed by atoms with Crippen LogP contribution in [0, 0.1) is 18.6 Å². The van der Waals surface area contributed by atoms with E-state index in [1.807, 2.05) is 4.90 Å². The lowest BCUT2D eigenvalue weighted by Crippen LogP contribution is -2.49. The molecule has 1 saturated heterocycles. The molecule has 7 heteroatoms. The Balaban J connectivity index is 1.66. The van der Waals surface area contributed by atoms with Crippen LogP contribution >= 0.6 is 0 Å². The number of fused-ring (bicyclic) bond motifs is 1. The van der Waals surface area contributed by atoms with E-state index in [0.29, 0.717) is 59.3 Å². The second-order valence-corrected chi connectivity index (χ2v) is 7.70. The Morgan fingerprint density at radius 3 is 2.39 bits per heavy atom. The summed E-state index contributed by atoms with van der Waals surface area (Å²) in [7, 11) is 0. The molecule has 0 saturated carbocycles. The summed E-state index contributed by atoms with van der Waals surface area (Å²) in [5.74, 6) is -2.03. The normalized spacial score (nSPS) is 14.2. The van der Waals surface area contributed by atoms with Crippen molar-refractivity contribution in [3.63, 3.8) is 0 Å². The minimum atomic E-state index is -0.999. The molecule has 0 unspecified atom stereocenters. The van der Waals surface area contributed by atoms with Crippen LogP contribution in [0.4, 0.5) is 14.5 Å². The summed E-state index contributed by atoms with van der Waals surface area (Å²) in [4.78, 5) is 28.3. The van der Waals surface area contributed by atoms with Crippen molar-refractivity contribution in [2.24, 2.45) is 0 Å². The molecule has 1 amide bonds. The lowest BCUT2D eigenvalue weighted by molar-refractivity contribution is -0.136. The molecule has 3 aromatic carbocycles. The monoisotopic (exact) mass is 424 g/mol. The van der Waals surface area contributed by atoms with Gasteiger partial charge in [0.05, 0.1) is 17.7 Å². The summed E-state index contributed by atoms with van der Waals surface area (Å²) >= 11 is 0. The number of nitrogens with zero attached hydrogens (tertiary/aromatic N) is 2. The Bertz CT molecular complexity index is 1170. The lowest BCUT2D eigenvalue weighted by Gasteiger charge is -2.36. The third-order valence-electron chi connectivity index (χ3n) is 5.79. The number of aliphatic carboxylic acids is 1. The van der Waals surface area contributed by atoms with Crippen molar-refractivity contribution in [2.45, 2.75) is 13.3 Å². The van der Waals surface area contributed by atoms with E-state index in [4.69, 9.17) is 0 Å². The van der Waals surface area contributed by atoms with Gasteiger partial charge in [-0.3, -0.25) is 9.59 Å². The van der Waals surface area contributed by atoms with Gasteiger partial charge in [-0.1, -0.05) is 24.3 Å². The molecular weight excluding hydrogens is 402 g/mol. The van der Waals surface area contributed by atoms with Crippen molar-refractivity contribution >= 4 is 28.3 Å². The molecule has 5 nitrogen and oxygen atoms in total. The largest absolute Gasteiger partial charge is 0.481 e. The molecule has 1 fully saturated rings. The first-order valence-electron chi connectivity index (χ1n) is 10.1. The fourth-order valence-corrected chi connectivity index (χ4v) is 4.17. The number of hydrogen-bond acceptors (Lipinski definition) is 3. The second kappa shape index (κ2) is 8.34. The molecule has 3 aromatic rings. The summed E-state index contributed by atoms with van der Waals surface area (Å²) < 4.78 is 28.1. The van der Waals surface area contributed by atoms with Crippen LogP contribution in [0.15, 0.2) is 48.5 Å². The summed E-state index contributed by atoms with van der Waals surface area (Å²) in [5, 5.41) is 10.3. The van der Waals surface area contributed by atoms with E-state index in [1.165, 1.54) is 18.2 Å². The number of halogens is 2. The number of piperazine rings is 1. The Hall–Kier alpha value is -3.48. The molecule has 1 heterocycles. The topological polar surface area (TPSA) is 60.9 Å². The minimum Gasteiger partial charge on any atom is -0.481 e. The van der Waals surface area contributed by atoms with Crippen LogP contribution in [0.3, 0.4) is 0 Å². The van der Waals surface area contributed by atoms with Gasteiger partial charge < -0.3 is 14.9 Å². The number of rotatable bonds is 4. The van der Waals surface area contributed by atoms with Crippen molar-refractivity contribution < 1.29 is 23.5 Å². The first-order chi connectivity index (χ1) is 14.8. The second-order valence-electron chi connectivity index (χ2n) is 7.70. The molecule has 0 aliphatic carbocycles. The maximum atomic E-state index is 14.1. The predicted molar refractivity (Wildman–Crippen MR) is 114 cm³/mol. The van der Waals surface area contributed by atoms with E-state index >= 15 is 0 Å². The van der Waals surface area contributed by atoms with Gasteiger partial charge in [0, 0.05) is 26.2 Å². The zero-order valence-electron chi connectivity index (χ0n) is 17.1. The molecule has 31 heavy (non-hydrogen) atoms. The number of anilines is 1. The zero-order valence-corrected chi connectivity index (χ0v) is 17.1. The van der Waals surface area contributed by atoms with Gasteiger partial charge in [-0.2, -0.15) is 0 Å². The van der Waals surface area contributed by atoms with Crippen LogP contribution in [-0.4, -0.2) is 48.1 Å². The Kier molecular flexibility index (Phi) is 5.59. The highest BCUT2D eigenvalue weighted by Crippen LogP contribution is 2.29. The average molecular weight is 424 g/mol. The van der Waals surface area contributed by atoms with Crippen LogP contribution in [-0.2, 0) is 11.2 Å². The molecule has 0 atom stereocenters. The Labute approximate surface area is 178 Å². The van der Waals surface area contributed by atoms with E-state index in [0.717, 1.165) is 0 Å². The quantitative estimate of drug-likeness (QED) is 0.687. The van der Waals surface area contributed by atoms with Crippen LogP contribution < -0.4 is 4.90 Å². The fourth-order valence-electron chi connectivity index (χ4n) is 4.17. The molecule has 0 radical (unpaired) electrons. The number of carboxylic acid groups (broad SMARTS) is 1. The molecule has 1 aliphatic heterocycles. The lowest BCUT2D eigenvalue weighted by atomic mass is 9.92. The maximum absolute atomic E-state index is 14.1. The first-order valence-corrected chi connectivity index (χ1v) is 10.1. The third kappa shape index (κ3) is 4.08. The SMILES string of the molecule is Cc1c(CC(=O)O)cc2ccc(F)cc2c1C(=O)N1CCN(c2ccccc2F)CC1. The van der Waals surface area contributed by atoms with E-state index in [9.17, 15) is 23.5 Å². The van der Waals surface area contributed by atoms with Crippen LogP contribution in [0.2, 0.25) is 0 Å². The molecule has 0 aromatic heterocycles. The Morgan fingerprint density at radius 1 is 1.00 bits per heavy atom. The van der Waals surface area contributed by atoms with Gasteiger partial charge >= 0.3 is 5.97 Å². The molecule has 0 spiro atoms. The highest BCUT2D eigenvalue weighted by Gasteiger charge is 2.27. The molecule has 160 valence electrons. The standard InChI is InChI=1S/C24H22F2N2O3/c1-15-17(13-22(29)30)12-16-6-7-18(25)14-19(16)23(15)24(31)28-10-8-27(9-11-28)21-5-3-2-4-20(21)26/h2-7,12,14H,8-11,13H2,1H3,(H,29,30). The van der Waals surface area contributed by atoms with E-state index < -0.39 is 11.8 Å². The van der Waals surface area contributed by atoms with Crippen molar-refractivity contribution in [3.05, 3.63) is 76.9 Å². The van der Waals surface area contributed by atoms with Crippen molar-refractivity contribution in [3.8, 4) is 0 Å². The fraction of sp³-hybridized carbons (Fsp3) is 0.250. The predicted octanol–water partition coefficient (Wildman–Crippen LogP) is 4.02. The summed E-state index contributed by atoms with van der Waals surface area (Å²) in [6, 6.07) is 12.4. The average Bonchev–Trinajstić information content (AvgIpc) is 2.74. The molecule has 1 aliphatic rings. The highest BCUT2D eigenvalue weighted by molar-refractivity contribution is 6.09. The summed E-state index contributed by atoms with van der Waals surface area (Å²) in [5.41, 5.74) is 1.90. The van der Waals surface area contributed by atoms with Crippen LogP contribution in [0.25, 0.3) is 10.8 Å². The first kappa shape index (κ1) is 20.8. The zero-order chi connectivity index (χ0) is 22.1. The number of carbonyl (C=O) groups excluding carboxylic acids is 1. The number of carbonyl (C=O) groups is 2. The van der Waals surface area contributed by atoms with Gasteiger partial charge in [-0.15, -0.1) is 0 Å². The van der Waals surface area contributed by atoms with E-state index in [2.05, 4.69) is 0 Å². The molecule has 4 rings (SSSR count). The number of carboxylic acids is 1. The molecule has 1 N–H and O–H groups in total. The van der Waals surface area contributed by atoms with Crippen molar-refractivity contribution in [1.82, 2.24) is 4.90 Å². The number of benzene rings is 3. The van der Waals surface area contributed by atoms with E-state index in [-0.39, 0.29) is 18.1 Å². The van der Waals surface area contributed by atoms with Gasteiger partial charge in [0.1, 0.15) is 11.6 Å². The van der Waals surface area contributed by atoms with Gasteiger partial charge in [-0.25, -0.2) is 8.78 Å².